The number of fused-ring (bicyclic) bond motifs is 1. The smallest absolute Gasteiger partial charge is 0.247 e. The van der Waals surface area contributed by atoms with E-state index in [1.807, 2.05) is 42.7 Å². The average molecular weight is 465 g/mol. The molecule has 0 aliphatic rings. The van der Waals surface area contributed by atoms with Gasteiger partial charge in [0.15, 0.2) is 10.8 Å². The molecular weight excluding hydrogens is 440 g/mol. The van der Waals surface area contributed by atoms with Crippen molar-refractivity contribution in [3.8, 4) is 0 Å². The molecule has 164 valence electrons. The number of anilines is 1. The van der Waals surface area contributed by atoms with Crippen molar-refractivity contribution in [2.24, 2.45) is 0 Å². The number of rotatable bonds is 7. The summed E-state index contributed by atoms with van der Waals surface area (Å²) >= 11 is 7.86. The number of amides is 1. The van der Waals surface area contributed by atoms with Gasteiger partial charge in [-0.15, -0.1) is 0 Å². The van der Waals surface area contributed by atoms with Gasteiger partial charge in [0.2, 0.25) is 5.91 Å². The number of pyridine rings is 1. The van der Waals surface area contributed by atoms with Gasteiger partial charge in [-0.1, -0.05) is 66.2 Å². The summed E-state index contributed by atoms with van der Waals surface area (Å²) in [5.74, 6) is 0.645. The van der Waals surface area contributed by atoms with E-state index < -0.39 is 6.04 Å². The van der Waals surface area contributed by atoms with E-state index in [-0.39, 0.29) is 5.91 Å². The molecule has 0 saturated heterocycles. The lowest BCUT2D eigenvalue weighted by Gasteiger charge is -2.19. The maximum absolute atomic E-state index is 13.3. The van der Waals surface area contributed by atoms with Gasteiger partial charge in [0, 0.05) is 22.7 Å². The fraction of sp³-hybridized carbons (Fsp3) is 0.240. The van der Waals surface area contributed by atoms with Crippen LogP contribution in [0.2, 0.25) is 5.02 Å². The second-order valence-corrected chi connectivity index (χ2v) is 9.12. The van der Waals surface area contributed by atoms with Gasteiger partial charge in [0.05, 0.1) is 0 Å². The molecule has 1 N–H and O–H groups in total. The molecule has 0 bridgehead atoms. The van der Waals surface area contributed by atoms with Gasteiger partial charge in [0.25, 0.3) is 0 Å². The van der Waals surface area contributed by atoms with E-state index in [4.69, 9.17) is 16.6 Å². The normalized spacial score (nSPS) is 12.1. The molecular formula is C25H25ClN4OS. The summed E-state index contributed by atoms with van der Waals surface area (Å²) in [6.45, 7) is 6.02. The van der Waals surface area contributed by atoms with Crippen molar-refractivity contribution in [3.63, 3.8) is 0 Å². The molecule has 32 heavy (non-hydrogen) atoms. The van der Waals surface area contributed by atoms with Crippen LogP contribution in [0.3, 0.4) is 0 Å². The summed E-state index contributed by atoms with van der Waals surface area (Å²) < 4.78 is 1.96. The molecule has 0 unspecified atom stereocenters. The Morgan fingerprint density at radius 3 is 2.75 bits per heavy atom. The molecule has 1 atom stereocenters. The molecule has 0 spiro atoms. The monoisotopic (exact) mass is 464 g/mol. The zero-order valence-electron chi connectivity index (χ0n) is 18.3. The first kappa shape index (κ1) is 22.4. The minimum absolute atomic E-state index is 0.116. The minimum Gasteiger partial charge on any atom is -0.324 e. The largest absolute Gasteiger partial charge is 0.324 e. The molecule has 0 aliphatic heterocycles. The number of imidazole rings is 1. The molecule has 2 aromatic heterocycles. The van der Waals surface area contributed by atoms with E-state index in [9.17, 15) is 4.79 Å². The maximum atomic E-state index is 13.3. The van der Waals surface area contributed by atoms with Crippen LogP contribution in [-0.4, -0.2) is 20.4 Å². The average Bonchev–Trinajstić information content (AvgIpc) is 3.14. The molecule has 0 fully saturated rings. The van der Waals surface area contributed by atoms with Gasteiger partial charge in [-0.25, -0.2) is 9.97 Å². The highest BCUT2D eigenvalue weighted by atomic mass is 35.5. The van der Waals surface area contributed by atoms with Gasteiger partial charge >= 0.3 is 0 Å². The number of nitrogens with zero attached hydrogens (tertiary/aromatic N) is 3. The van der Waals surface area contributed by atoms with Crippen molar-refractivity contribution in [2.45, 2.75) is 44.1 Å². The molecule has 2 aromatic carbocycles. The van der Waals surface area contributed by atoms with Crippen molar-refractivity contribution < 1.29 is 4.79 Å². The second kappa shape index (κ2) is 9.76. The predicted molar refractivity (Wildman–Crippen MR) is 132 cm³/mol. The van der Waals surface area contributed by atoms with Crippen LogP contribution < -0.4 is 5.32 Å². The number of hydrogen-bond acceptors (Lipinski definition) is 4. The Hall–Kier alpha value is -2.83. The van der Waals surface area contributed by atoms with Crippen LogP contribution in [0.5, 0.6) is 0 Å². The number of halogens is 1. The Bertz CT molecular complexity index is 1270. The highest BCUT2D eigenvalue weighted by molar-refractivity contribution is 7.98. The number of benzene rings is 2. The second-order valence-electron chi connectivity index (χ2n) is 7.77. The number of carbonyl (C=O) groups is 1. The number of hydrogen-bond donors (Lipinski definition) is 1. The van der Waals surface area contributed by atoms with Gasteiger partial charge in [0.1, 0.15) is 11.6 Å². The van der Waals surface area contributed by atoms with Crippen LogP contribution in [-0.2, 0) is 10.5 Å². The van der Waals surface area contributed by atoms with E-state index in [0.29, 0.717) is 22.8 Å². The molecule has 0 saturated carbocycles. The van der Waals surface area contributed by atoms with E-state index in [1.54, 1.807) is 24.0 Å². The Labute approximate surface area is 197 Å². The molecule has 4 aromatic rings. The number of carbonyl (C=O) groups excluding carboxylic acids is 1. The SMILES string of the molecule is CC[C@@H](C(=O)Nc1ccc(C)c(Cl)c1)n1c(SCc2cccc(C)c2)nc2cccnc21. The van der Waals surface area contributed by atoms with Crippen LogP contribution in [0.25, 0.3) is 11.2 Å². The van der Waals surface area contributed by atoms with Crippen molar-refractivity contribution in [1.82, 2.24) is 14.5 Å². The Kier molecular flexibility index (Phi) is 6.82. The van der Waals surface area contributed by atoms with Crippen molar-refractivity contribution >= 4 is 46.1 Å². The van der Waals surface area contributed by atoms with Crippen LogP contribution in [0.4, 0.5) is 5.69 Å². The van der Waals surface area contributed by atoms with Crippen molar-refractivity contribution in [1.29, 1.82) is 0 Å². The standard InChI is InChI=1S/C25H25ClN4OS/c1-4-22(24(31)28-19-11-10-17(3)20(26)14-19)30-23-21(9-6-12-27-23)29-25(30)32-15-18-8-5-7-16(2)13-18/h5-14,22H,4,15H2,1-3H3,(H,28,31)/t22-/m0/s1. The maximum Gasteiger partial charge on any atom is 0.247 e. The summed E-state index contributed by atoms with van der Waals surface area (Å²) in [5, 5.41) is 4.42. The predicted octanol–water partition coefficient (Wildman–Crippen LogP) is 6.58. The van der Waals surface area contributed by atoms with E-state index in [1.165, 1.54) is 11.1 Å². The third-order valence-corrected chi connectivity index (χ3v) is 6.74. The zero-order valence-corrected chi connectivity index (χ0v) is 19.9. The van der Waals surface area contributed by atoms with Gasteiger partial charge in [-0.3, -0.25) is 9.36 Å². The fourth-order valence-electron chi connectivity index (χ4n) is 3.62. The lowest BCUT2D eigenvalue weighted by molar-refractivity contribution is -0.119. The van der Waals surface area contributed by atoms with Crippen LogP contribution >= 0.6 is 23.4 Å². The highest BCUT2D eigenvalue weighted by Gasteiger charge is 2.25. The van der Waals surface area contributed by atoms with Gasteiger partial charge in [-0.2, -0.15) is 0 Å². The molecule has 4 rings (SSSR count). The first-order valence-electron chi connectivity index (χ1n) is 10.5. The van der Waals surface area contributed by atoms with Gasteiger partial charge in [-0.05, 0) is 55.7 Å². The molecule has 7 heteroatoms. The van der Waals surface area contributed by atoms with E-state index >= 15 is 0 Å². The summed E-state index contributed by atoms with van der Waals surface area (Å²) in [6.07, 6.45) is 2.34. The lowest BCUT2D eigenvalue weighted by atomic mass is 10.2. The number of thioether (sulfide) groups is 1. The summed E-state index contributed by atoms with van der Waals surface area (Å²) in [7, 11) is 0. The topological polar surface area (TPSA) is 59.8 Å². The van der Waals surface area contributed by atoms with Crippen LogP contribution in [0.15, 0.2) is 66.0 Å². The lowest BCUT2D eigenvalue weighted by Crippen LogP contribution is -2.26. The number of aryl methyl sites for hydroxylation is 2. The minimum atomic E-state index is -0.449. The van der Waals surface area contributed by atoms with Crippen molar-refractivity contribution in [2.75, 3.05) is 5.32 Å². The molecule has 1 amide bonds. The molecule has 0 radical (unpaired) electrons. The van der Waals surface area contributed by atoms with Crippen LogP contribution in [0, 0.1) is 13.8 Å². The summed E-state index contributed by atoms with van der Waals surface area (Å²) in [5.41, 5.74) is 5.58. The zero-order chi connectivity index (χ0) is 22.7. The first-order valence-corrected chi connectivity index (χ1v) is 11.9. The van der Waals surface area contributed by atoms with Crippen molar-refractivity contribution in [3.05, 3.63) is 82.5 Å². The third kappa shape index (κ3) is 4.81. The van der Waals surface area contributed by atoms with E-state index in [0.717, 1.165) is 22.0 Å². The molecule has 5 nitrogen and oxygen atoms in total. The van der Waals surface area contributed by atoms with Gasteiger partial charge < -0.3 is 5.32 Å². The fourth-order valence-corrected chi connectivity index (χ4v) is 4.79. The van der Waals surface area contributed by atoms with Crippen LogP contribution in [0.1, 0.15) is 36.1 Å². The Morgan fingerprint density at radius 1 is 1.16 bits per heavy atom. The molecule has 2 heterocycles. The summed E-state index contributed by atoms with van der Waals surface area (Å²) in [4.78, 5) is 22.7. The summed E-state index contributed by atoms with van der Waals surface area (Å²) in [6, 6.07) is 17.3. The van der Waals surface area contributed by atoms with E-state index in [2.05, 4.69) is 41.5 Å². The Morgan fingerprint density at radius 2 is 2.00 bits per heavy atom. The molecule has 0 aliphatic carbocycles. The number of nitrogens with one attached hydrogen (secondary N) is 1. The third-order valence-electron chi connectivity index (χ3n) is 5.31. The first-order chi connectivity index (χ1) is 15.5. The number of aromatic nitrogens is 3. The highest BCUT2D eigenvalue weighted by Crippen LogP contribution is 2.31. The quantitative estimate of drug-likeness (QED) is 0.313. The Balaban J connectivity index is 1.66.